The summed E-state index contributed by atoms with van der Waals surface area (Å²) in [5, 5.41) is -0.122. The van der Waals surface area contributed by atoms with Crippen molar-refractivity contribution in [2.45, 2.75) is 110 Å². The summed E-state index contributed by atoms with van der Waals surface area (Å²) >= 11 is 0. The molecule has 0 fully saturated rings. The Morgan fingerprint density at radius 2 is 1.33 bits per heavy atom. The molecule has 1 aromatic carbocycles. The van der Waals surface area contributed by atoms with Gasteiger partial charge >= 0.3 is 11.8 Å². The Bertz CT molecular complexity index is 887. The summed E-state index contributed by atoms with van der Waals surface area (Å²) < 4.78 is 50.5. The van der Waals surface area contributed by atoms with E-state index in [4.69, 9.17) is 9.15 Å². The largest absolute Gasteiger partial charge is 0.493 e. The van der Waals surface area contributed by atoms with E-state index in [1.807, 2.05) is 0 Å². The van der Waals surface area contributed by atoms with Crippen LogP contribution in [-0.2, 0) is 6.18 Å². The van der Waals surface area contributed by atoms with Gasteiger partial charge in [0.25, 0.3) is 0 Å². The van der Waals surface area contributed by atoms with Gasteiger partial charge in [-0.15, -0.1) is 0 Å². The van der Waals surface area contributed by atoms with Gasteiger partial charge < -0.3 is 9.15 Å². The molecule has 3 nitrogen and oxygen atoms in total. The van der Waals surface area contributed by atoms with Crippen molar-refractivity contribution in [2.75, 3.05) is 6.61 Å². The second-order valence-electron chi connectivity index (χ2n) is 8.99. The maximum Gasteiger partial charge on any atom is 0.417 e. The van der Waals surface area contributed by atoms with Crippen molar-refractivity contribution in [1.82, 2.24) is 0 Å². The van der Waals surface area contributed by atoms with Crippen LogP contribution in [-0.4, -0.2) is 6.61 Å². The highest BCUT2D eigenvalue weighted by Crippen LogP contribution is 2.36. The highest BCUT2D eigenvalue weighted by Gasteiger charge is 2.34. The molecule has 1 aromatic heterocycles. The molecular formula is C27H39F3O3. The number of alkyl halides is 3. The van der Waals surface area contributed by atoms with Crippen LogP contribution in [0.3, 0.4) is 0 Å². The molecule has 0 spiro atoms. The maximum atomic E-state index is 13.2. The van der Waals surface area contributed by atoms with Crippen LogP contribution in [0.4, 0.5) is 13.2 Å². The van der Waals surface area contributed by atoms with Gasteiger partial charge in [0.1, 0.15) is 11.3 Å². The van der Waals surface area contributed by atoms with E-state index >= 15 is 0 Å². The van der Waals surface area contributed by atoms with Gasteiger partial charge in [0.2, 0.25) is 0 Å². The van der Waals surface area contributed by atoms with Crippen molar-refractivity contribution in [1.29, 1.82) is 0 Å². The molecule has 0 bridgehead atoms. The molecular weight excluding hydrogens is 429 g/mol. The fourth-order valence-corrected chi connectivity index (χ4v) is 4.21. The molecule has 186 valence electrons. The Morgan fingerprint density at radius 3 is 1.85 bits per heavy atom. The Morgan fingerprint density at radius 1 is 0.818 bits per heavy atom. The zero-order chi connectivity index (χ0) is 24.1. The quantitative estimate of drug-likeness (QED) is 0.182. The molecule has 0 N–H and O–H groups in total. The molecule has 0 amide bonds. The van der Waals surface area contributed by atoms with Crippen LogP contribution in [0.25, 0.3) is 11.0 Å². The molecule has 1 heterocycles. The highest BCUT2D eigenvalue weighted by molar-refractivity contribution is 5.85. The molecule has 0 aliphatic heterocycles. The number of unbranched alkanes of at least 4 members (excludes halogenated alkanes) is 13. The number of rotatable bonds is 16. The average Bonchev–Trinajstić information content (AvgIpc) is 2.77. The maximum absolute atomic E-state index is 13.2. The molecule has 33 heavy (non-hydrogen) atoms. The van der Waals surface area contributed by atoms with Crippen molar-refractivity contribution in [2.24, 2.45) is 0 Å². The molecule has 0 unspecified atom stereocenters. The van der Waals surface area contributed by atoms with Crippen molar-refractivity contribution < 1.29 is 22.3 Å². The minimum atomic E-state index is -4.61. The summed E-state index contributed by atoms with van der Waals surface area (Å²) in [6, 6.07) is 3.34. The van der Waals surface area contributed by atoms with Crippen LogP contribution in [0, 0.1) is 6.92 Å². The van der Waals surface area contributed by atoms with Crippen LogP contribution >= 0.6 is 0 Å². The second-order valence-corrected chi connectivity index (χ2v) is 8.99. The molecule has 6 heteroatoms. The lowest BCUT2D eigenvalue weighted by atomic mass is 10.0. The first kappa shape index (κ1) is 27.3. The molecule has 0 aliphatic rings. The lowest BCUT2D eigenvalue weighted by molar-refractivity contribution is -0.136. The normalized spacial score (nSPS) is 11.9. The fourth-order valence-electron chi connectivity index (χ4n) is 4.21. The van der Waals surface area contributed by atoms with Crippen molar-refractivity contribution in [3.05, 3.63) is 39.7 Å². The lowest BCUT2D eigenvalue weighted by Crippen LogP contribution is -2.11. The standard InChI is InChI=1S/C27H39F3O3/c1-3-4-5-6-7-8-9-10-11-12-13-14-15-16-19-32-24-18-17-22-23(27(28,29)30)20-25(31)33-26(22)21(24)2/h17-18,20H,3-16,19H2,1-2H3. The molecule has 0 atom stereocenters. The predicted octanol–water partition coefficient (Wildman–Crippen LogP) is 8.98. The molecule has 0 aliphatic carbocycles. The summed E-state index contributed by atoms with van der Waals surface area (Å²) in [4.78, 5) is 11.6. The number of hydrogen-bond acceptors (Lipinski definition) is 3. The summed E-state index contributed by atoms with van der Waals surface area (Å²) in [5.74, 6) is 0.458. The van der Waals surface area contributed by atoms with Gasteiger partial charge in [0.05, 0.1) is 12.2 Å². The molecule has 0 saturated carbocycles. The highest BCUT2D eigenvalue weighted by atomic mass is 19.4. The van der Waals surface area contributed by atoms with E-state index in [9.17, 15) is 18.0 Å². The predicted molar refractivity (Wildman–Crippen MR) is 128 cm³/mol. The van der Waals surface area contributed by atoms with Crippen LogP contribution in [0.15, 0.2) is 27.4 Å². The zero-order valence-corrected chi connectivity index (χ0v) is 20.2. The number of halogens is 3. The molecule has 2 aromatic rings. The van der Waals surface area contributed by atoms with Crippen LogP contribution in [0.1, 0.15) is 108 Å². The van der Waals surface area contributed by atoms with Crippen molar-refractivity contribution in [3.63, 3.8) is 0 Å². The van der Waals surface area contributed by atoms with E-state index in [0.717, 1.165) is 12.8 Å². The van der Waals surface area contributed by atoms with E-state index in [2.05, 4.69) is 6.92 Å². The summed E-state index contributed by atoms with van der Waals surface area (Å²) in [6.07, 6.45) is 13.2. The second kappa shape index (κ2) is 14.3. The molecule has 2 rings (SSSR count). The molecule has 0 radical (unpaired) electrons. The van der Waals surface area contributed by atoms with Crippen LogP contribution in [0.2, 0.25) is 0 Å². The Hall–Kier alpha value is -1.98. The van der Waals surface area contributed by atoms with Gasteiger partial charge in [0, 0.05) is 17.0 Å². The number of fused-ring (bicyclic) bond motifs is 1. The van der Waals surface area contributed by atoms with E-state index in [1.165, 1.54) is 89.2 Å². The van der Waals surface area contributed by atoms with Gasteiger partial charge in [-0.1, -0.05) is 90.4 Å². The third-order valence-corrected chi connectivity index (χ3v) is 6.17. The first-order valence-electron chi connectivity index (χ1n) is 12.6. The average molecular weight is 469 g/mol. The van der Waals surface area contributed by atoms with Gasteiger partial charge in [-0.25, -0.2) is 4.79 Å². The van der Waals surface area contributed by atoms with Crippen molar-refractivity contribution in [3.8, 4) is 5.75 Å². The zero-order valence-electron chi connectivity index (χ0n) is 20.2. The number of aryl methyl sites for hydroxylation is 1. The summed E-state index contributed by atoms with van der Waals surface area (Å²) in [6.45, 7) is 4.36. The van der Waals surface area contributed by atoms with Crippen LogP contribution in [0.5, 0.6) is 5.75 Å². The Kier molecular flexibility index (Phi) is 11.8. The van der Waals surface area contributed by atoms with Crippen molar-refractivity contribution >= 4 is 11.0 Å². The first-order valence-corrected chi connectivity index (χ1v) is 12.6. The number of hydrogen-bond donors (Lipinski definition) is 0. The van der Waals surface area contributed by atoms with E-state index in [1.54, 1.807) is 6.92 Å². The molecule has 0 saturated heterocycles. The summed E-state index contributed by atoms with van der Waals surface area (Å²) in [7, 11) is 0. The monoisotopic (exact) mass is 468 g/mol. The Balaban J connectivity index is 1.63. The SMILES string of the molecule is CCCCCCCCCCCCCCCCOc1ccc2c(C(F)(F)F)cc(=O)oc2c1C. The smallest absolute Gasteiger partial charge is 0.417 e. The van der Waals surface area contributed by atoms with Gasteiger partial charge in [-0.2, -0.15) is 13.2 Å². The van der Waals surface area contributed by atoms with E-state index in [-0.39, 0.29) is 11.0 Å². The topological polar surface area (TPSA) is 39.4 Å². The first-order chi connectivity index (χ1) is 15.8. The minimum absolute atomic E-state index is 0.0618. The van der Waals surface area contributed by atoms with Gasteiger partial charge in [-0.3, -0.25) is 0 Å². The summed E-state index contributed by atoms with van der Waals surface area (Å²) in [5.41, 5.74) is -1.63. The fraction of sp³-hybridized carbons (Fsp3) is 0.667. The third kappa shape index (κ3) is 9.42. The van der Waals surface area contributed by atoms with Gasteiger partial charge in [-0.05, 0) is 25.5 Å². The van der Waals surface area contributed by atoms with E-state index < -0.39 is 17.4 Å². The number of benzene rings is 1. The Labute approximate surface area is 195 Å². The van der Waals surface area contributed by atoms with E-state index in [0.29, 0.717) is 24.0 Å². The van der Waals surface area contributed by atoms with Gasteiger partial charge in [0.15, 0.2) is 0 Å². The lowest BCUT2D eigenvalue weighted by Gasteiger charge is -2.13. The third-order valence-electron chi connectivity index (χ3n) is 6.17. The minimum Gasteiger partial charge on any atom is -0.493 e. The van der Waals surface area contributed by atoms with Crippen LogP contribution < -0.4 is 10.4 Å². The number of ether oxygens (including phenoxy) is 1.